The average molecular weight is 378 g/mol. The number of nitrogens with zero attached hydrogens (tertiary/aromatic N) is 2. The van der Waals surface area contributed by atoms with E-state index in [4.69, 9.17) is 0 Å². The zero-order valence-electron chi connectivity index (χ0n) is 16.4. The standard InChI is InChI=1S/C22H26N4O2/c1-3-26(4-2)17-14-12-16(13-15-17)23-21(27)11-7-10-20-24-19-9-6-5-8-18(19)22(28)25-20/h5-6,8-9,12-15H,3-4,7,10-11H2,1-2H3,(H,23,27)(H,24,25,28). The molecule has 0 spiro atoms. The fourth-order valence-corrected chi connectivity index (χ4v) is 3.24. The number of aromatic nitrogens is 2. The molecule has 3 aromatic rings. The maximum Gasteiger partial charge on any atom is 0.258 e. The molecule has 2 aromatic carbocycles. The summed E-state index contributed by atoms with van der Waals surface area (Å²) in [5.74, 6) is 0.568. The second kappa shape index (κ2) is 9.17. The van der Waals surface area contributed by atoms with Gasteiger partial charge in [0.25, 0.3) is 5.56 Å². The molecule has 0 saturated carbocycles. The Labute approximate surface area is 164 Å². The molecule has 0 aliphatic rings. The zero-order valence-corrected chi connectivity index (χ0v) is 16.4. The number of amides is 1. The number of carbonyl (C=O) groups is 1. The van der Waals surface area contributed by atoms with E-state index in [-0.39, 0.29) is 11.5 Å². The molecule has 6 nitrogen and oxygen atoms in total. The number of carbonyl (C=O) groups excluding carboxylic acids is 1. The van der Waals surface area contributed by atoms with E-state index < -0.39 is 0 Å². The van der Waals surface area contributed by atoms with Crippen LogP contribution in [0.25, 0.3) is 10.9 Å². The minimum absolute atomic E-state index is 0.0428. The first-order valence-electron chi connectivity index (χ1n) is 9.73. The van der Waals surface area contributed by atoms with E-state index in [1.54, 1.807) is 6.07 Å². The maximum absolute atomic E-state index is 12.2. The highest BCUT2D eigenvalue weighted by molar-refractivity contribution is 5.90. The third-order valence-corrected chi connectivity index (χ3v) is 4.76. The molecule has 0 saturated heterocycles. The van der Waals surface area contributed by atoms with Gasteiger partial charge in [-0.2, -0.15) is 0 Å². The van der Waals surface area contributed by atoms with Gasteiger partial charge in [0, 0.05) is 37.3 Å². The molecule has 0 atom stereocenters. The minimum atomic E-state index is -0.140. The van der Waals surface area contributed by atoms with Crippen LogP contribution in [-0.4, -0.2) is 29.0 Å². The fraction of sp³-hybridized carbons (Fsp3) is 0.318. The molecule has 0 radical (unpaired) electrons. The molecule has 6 heteroatoms. The Bertz CT molecular complexity index is 991. The predicted octanol–water partition coefficient (Wildman–Crippen LogP) is 3.73. The van der Waals surface area contributed by atoms with E-state index >= 15 is 0 Å². The summed E-state index contributed by atoms with van der Waals surface area (Å²) in [4.78, 5) is 33.8. The summed E-state index contributed by atoms with van der Waals surface area (Å²) in [6, 6.07) is 15.1. The van der Waals surface area contributed by atoms with Crippen LogP contribution in [0.3, 0.4) is 0 Å². The van der Waals surface area contributed by atoms with Crippen molar-refractivity contribution in [2.75, 3.05) is 23.3 Å². The van der Waals surface area contributed by atoms with Crippen molar-refractivity contribution in [2.45, 2.75) is 33.1 Å². The van der Waals surface area contributed by atoms with Crippen molar-refractivity contribution in [3.8, 4) is 0 Å². The molecule has 0 bridgehead atoms. The second-order valence-electron chi connectivity index (χ2n) is 6.65. The number of hydrogen-bond donors (Lipinski definition) is 2. The van der Waals surface area contributed by atoms with Gasteiger partial charge in [0.15, 0.2) is 0 Å². The highest BCUT2D eigenvalue weighted by atomic mass is 16.1. The normalized spacial score (nSPS) is 10.8. The summed E-state index contributed by atoms with van der Waals surface area (Å²) < 4.78 is 0. The molecule has 0 aliphatic carbocycles. The SMILES string of the molecule is CCN(CC)c1ccc(NC(=O)CCCc2nc3ccccc3c(=O)[nH]2)cc1. The number of benzene rings is 2. The molecular formula is C22H26N4O2. The predicted molar refractivity (Wildman–Crippen MR) is 114 cm³/mol. The van der Waals surface area contributed by atoms with Gasteiger partial charge in [0.1, 0.15) is 5.82 Å². The summed E-state index contributed by atoms with van der Waals surface area (Å²) in [7, 11) is 0. The quantitative estimate of drug-likeness (QED) is 0.626. The van der Waals surface area contributed by atoms with E-state index in [2.05, 4.69) is 34.0 Å². The average Bonchev–Trinajstić information content (AvgIpc) is 2.70. The highest BCUT2D eigenvalue weighted by Gasteiger charge is 2.07. The lowest BCUT2D eigenvalue weighted by molar-refractivity contribution is -0.116. The number of para-hydroxylation sites is 1. The van der Waals surface area contributed by atoms with E-state index in [0.717, 1.165) is 24.5 Å². The molecule has 1 amide bonds. The molecule has 0 fully saturated rings. The van der Waals surface area contributed by atoms with E-state index in [0.29, 0.717) is 36.0 Å². The smallest absolute Gasteiger partial charge is 0.258 e. The number of rotatable bonds is 8. The van der Waals surface area contributed by atoms with Crippen LogP contribution in [0.4, 0.5) is 11.4 Å². The van der Waals surface area contributed by atoms with Crippen LogP contribution < -0.4 is 15.8 Å². The first-order valence-corrected chi connectivity index (χ1v) is 9.73. The van der Waals surface area contributed by atoms with Crippen molar-refractivity contribution in [3.63, 3.8) is 0 Å². The van der Waals surface area contributed by atoms with Crippen LogP contribution in [0.1, 0.15) is 32.5 Å². The topological polar surface area (TPSA) is 78.1 Å². The van der Waals surface area contributed by atoms with Crippen molar-refractivity contribution in [2.24, 2.45) is 0 Å². The monoisotopic (exact) mass is 378 g/mol. The van der Waals surface area contributed by atoms with Gasteiger partial charge in [-0.25, -0.2) is 4.98 Å². The fourth-order valence-electron chi connectivity index (χ4n) is 3.24. The third kappa shape index (κ3) is 4.76. The van der Waals surface area contributed by atoms with Crippen LogP contribution in [0.2, 0.25) is 0 Å². The zero-order chi connectivity index (χ0) is 19.9. The third-order valence-electron chi connectivity index (χ3n) is 4.76. The molecule has 28 heavy (non-hydrogen) atoms. The van der Waals surface area contributed by atoms with Crippen molar-refractivity contribution in [1.29, 1.82) is 0 Å². The Balaban J connectivity index is 1.53. The summed E-state index contributed by atoms with van der Waals surface area (Å²) in [5.41, 5.74) is 2.48. The van der Waals surface area contributed by atoms with Gasteiger partial charge >= 0.3 is 0 Å². The number of aryl methyl sites for hydroxylation is 1. The lowest BCUT2D eigenvalue weighted by Crippen LogP contribution is -2.21. The Kier molecular flexibility index (Phi) is 6.42. The Morgan fingerprint density at radius 1 is 1.07 bits per heavy atom. The van der Waals surface area contributed by atoms with Gasteiger partial charge < -0.3 is 15.2 Å². The Morgan fingerprint density at radius 3 is 2.50 bits per heavy atom. The van der Waals surface area contributed by atoms with Crippen molar-refractivity contribution < 1.29 is 4.79 Å². The first kappa shape index (κ1) is 19.6. The number of fused-ring (bicyclic) bond motifs is 1. The molecule has 0 aliphatic heterocycles. The Morgan fingerprint density at radius 2 is 1.79 bits per heavy atom. The molecule has 1 aromatic heterocycles. The highest BCUT2D eigenvalue weighted by Crippen LogP contribution is 2.18. The van der Waals surface area contributed by atoms with Gasteiger partial charge in [0.2, 0.25) is 5.91 Å². The van der Waals surface area contributed by atoms with Crippen LogP contribution in [0, 0.1) is 0 Å². The van der Waals surface area contributed by atoms with E-state index in [1.165, 1.54) is 0 Å². The lowest BCUT2D eigenvalue weighted by atomic mass is 10.2. The van der Waals surface area contributed by atoms with Gasteiger partial charge in [-0.15, -0.1) is 0 Å². The Hall–Kier alpha value is -3.15. The van der Waals surface area contributed by atoms with Gasteiger partial charge in [-0.3, -0.25) is 9.59 Å². The van der Waals surface area contributed by atoms with Crippen molar-refractivity contribution >= 4 is 28.2 Å². The van der Waals surface area contributed by atoms with Crippen LogP contribution in [0.5, 0.6) is 0 Å². The van der Waals surface area contributed by atoms with Crippen LogP contribution in [0.15, 0.2) is 53.3 Å². The molecule has 1 heterocycles. The van der Waals surface area contributed by atoms with E-state index in [1.807, 2.05) is 42.5 Å². The van der Waals surface area contributed by atoms with Crippen molar-refractivity contribution in [1.82, 2.24) is 9.97 Å². The molecule has 0 unspecified atom stereocenters. The van der Waals surface area contributed by atoms with Crippen LogP contribution >= 0.6 is 0 Å². The van der Waals surface area contributed by atoms with E-state index in [9.17, 15) is 9.59 Å². The minimum Gasteiger partial charge on any atom is -0.372 e. The molecular weight excluding hydrogens is 352 g/mol. The molecule has 3 rings (SSSR count). The molecule has 2 N–H and O–H groups in total. The first-order chi connectivity index (χ1) is 13.6. The summed E-state index contributed by atoms with van der Waals surface area (Å²) in [6.07, 6.45) is 1.54. The number of aromatic amines is 1. The molecule has 146 valence electrons. The summed E-state index contributed by atoms with van der Waals surface area (Å²) >= 11 is 0. The number of nitrogens with one attached hydrogen (secondary N) is 2. The van der Waals surface area contributed by atoms with Crippen molar-refractivity contribution in [3.05, 3.63) is 64.7 Å². The maximum atomic E-state index is 12.2. The van der Waals surface area contributed by atoms with Gasteiger partial charge in [0.05, 0.1) is 10.9 Å². The number of hydrogen-bond acceptors (Lipinski definition) is 4. The second-order valence-corrected chi connectivity index (χ2v) is 6.65. The number of anilines is 2. The summed E-state index contributed by atoms with van der Waals surface area (Å²) in [5, 5.41) is 3.50. The largest absolute Gasteiger partial charge is 0.372 e. The lowest BCUT2D eigenvalue weighted by Gasteiger charge is -2.21. The van der Waals surface area contributed by atoms with Crippen LogP contribution in [-0.2, 0) is 11.2 Å². The van der Waals surface area contributed by atoms with Gasteiger partial charge in [-0.05, 0) is 56.7 Å². The summed E-state index contributed by atoms with van der Waals surface area (Å²) in [6.45, 7) is 6.15. The number of H-pyrrole nitrogens is 1. The van der Waals surface area contributed by atoms with Gasteiger partial charge in [-0.1, -0.05) is 12.1 Å².